The van der Waals surface area contributed by atoms with Crippen LogP contribution in [0.4, 0.5) is 14.6 Å². The number of hydrogen-bond donors (Lipinski definition) is 1. The molecule has 31 heavy (non-hydrogen) atoms. The van der Waals surface area contributed by atoms with E-state index in [2.05, 4.69) is 5.32 Å². The Morgan fingerprint density at radius 3 is 2.71 bits per heavy atom. The second kappa shape index (κ2) is 8.57. The van der Waals surface area contributed by atoms with Gasteiger partial charge in [-0.25, -0.2) is 23.5 Å². The van der Waals surface area contributed by atoms with E-state index in [9.17, 15) is 13.6 Å². The molecule has 1 atom stereocenters. The zero-order chi connectivity index (χ0) is 20.8. The third kappa shape index (κ3) is 3.71. The largest absolute Gasteiger partial charge is 0.365 e. The van der Waals surface area contributed by atoms with E-state index in [4.69, 9.17) is 9.97 Å². The molecular formula is C22H26ClF2N5O. The zero-order valence-corrected chi connectivity index (χ0v) is 18.2. The summed E-state index contributed by atoms with van der Waals surface area (Å²) < 4.78 is 31.1. The van der Waals surface area contributed by atoms with Crippen LogP contribution in [0.5, 0.6) is 0 Å². The molecule has 9 heteroatoms. The van der Waals surface area contributed by atoms with Crippen molar-refractivity contribution in [2.75, 3.05) is 5.32 Å². The highest BCUT2D eigenvalue weighted by Crippen LogP contribution is 2.37. The first-order chi connectivity index (χ1) is 14.6. The number of fused-ring (bicyclic) bond motifs is 3. The molecule has 0 bridgehead atoms. The fraction of sp³-hybridized carbons (Fsp3) is 0.500. The molecule has 1 aliphatic carbocycles. The summed E-state index contributed by atoms with van der Waals surface area (Å²) in [5.41, 5.74) is 0.866. The Hall–Kier alpha value is -2.48. The predicted molar refractivity (Wildman–Crippen MR) is 117 cm³/mol. The summed E-state index contributed by atoms with van der Waals surface area (Å²) in [7, 11) is 0. The number of benzene rings is 1. The second-order valence-electron chi connectivity index (χ2n) is 8.39. The van der Waals surface area contributed by atoms with Gasteiger partial charge < -0.3 is 5.32 Å². The number of hydrogen-bond acceptors (Lipinski definition) is 4. The van der Waals surface area contributed by atoms with Gasteiger partial charge in [-0.3, -0.25) is 9.13 Å². The molecule has 0 amide bonds. The van der Waals surface area contributed by atoms with Gasteiger partial charge >= 0.3 is 5.69 Å². The fourth-order valence-corrected chi connectivity index (χ4v) is 4.81. The lowest BCUT2D eigenvalue weighted by Crippen LogP contribution is -2.32. The molecule has 1 aromatic carbocycles. The van der Waals surface area contributed by atoms with Gasteiger partial charge in [-0.05, 0) is 37.3 Å². The highest BCUT2D eigenvalue weighted by Gasteiger charge is 2.33. The van der Waals surface area contributed by atoms with E-state index in [0.29, 0.717) is 41.9 Å². The maximum atomic E-state index is 14.2. The lowest BCUT2D eigenvalue weighted by molar-refractivity contribution is 0.491. The van der Waals surface area contributed by atoms with Gasteiger partial charge in [0.2, 0.25) is 0 Å². The van der Waals surface area contributed by atoms with Crippen LogP contribution in [0.25, 0.3) is 11.5 Å². The molecule has 166 valence electrons. The summed E-state index contributed by atoms with van der Waals surface area (Å²) in [5.74, 6) is 0.752. The number of imidazole rings is 1. The molecule has 1 N–H and O–H groups in total. The summed E-state index contributed by atoms with van der Waals surface area (Å²) in [6, 6.07) is 3.98. The maximum Gasteiger partial charge on any atom is 0.331 e. The van der Waals surface area contributed by atoms with E-state index in [-0.39, 0.29) is 30.6 Å². The third-order valence-electron chi connectivity index (χ3n) is 6.28. The highest BCUT2D eigenvalue weighted by molar-refractivity contribution is 5.85. The Balaban J connectivity index is 0.00000231. The average Bonchev–Trinajstić information content (AvgIpc) is 3.47. The van der Waals surface area contributed by atoms with Crippen LogP contribution in [0.3, 0.4) is 0 Å². The first-order valence-electron chi connectivity index (χ1n) is 10.8. The van der Waals surface area contributed by atoms with Crippen LogP contribution in [0.2, 0.25) is 0 Å². The molecule has 1 fully saturated rings. The smallest absolute Gasteiger partial charge is 0.331 e. The van der Waals surface area contributed by atoms with Crippen molar-refractivity contribution in [1.29, 1.82) is 0 Å². The summed E-state index contributed by atoms with van der Waals surface area (Å²) >= 11 is 0. The molecule has 5 rings (SSSR count). The molecule has 3 heterocycles. The van der Waals surface area contributed by atoms with E-state index < -0.39 is 11.6 Å². The minimum atomic E-state index is -0.855. The number of nitrogens with zero attached hydrogens (tertiary/aromatic N) is 4. The molecule has 1 aromatic rings. The van der Waals surface area contributed by atoms with Gasteiger partial charge in [0.15, 0.2) is 17.5 Å². The molecule has 0 radical (unpaired) electrons. The zero-order valence-electron chi connectivity index (χ0n) is 17.4. The Kier molecular flexibility index (Phi) is 6.01. The van der Waals surface area contributed by atoms with Crippen LogP contribution < -0.4 is 11.0 Å². The molecule has 6 nitrogen and oxygen atoms in total. The Labute approximate surface area is 185 Å². The average molecular weight is 450 g/mol. The number of nitrogens with one attached hydrogen (secondary N) is 1. The third-order valence-corrected chi connectivity index (χ3v) is 6.28. The summed E-state index contributed by atoms with van der Waals surface area (Å²) in [5, 5.41) is 3.34. The van der Waals surface area contributed by atoms with Crippen LogP contribution in [0.15, 0.2) is 23.0 Å². The van der Waals surface area contributed by atoms with Gasteiger partial charge in [-0.15, -0.1) is 12.4 Å². The van der Waals surface area contributed by atoms with Crippen molar-refractivity contribution in [3.05, 3.63) is 51.7 Å². The molecule has 1 unspecified atom stereocenters. The molecule has 1 saturated carbocycles. The summed E-state index contributed by atoms with van der Waals surface area (Å²) in [4.78, 5) is 22.8. The van der Waals surface area contributed by atoms with Gasteiger partial charge in [-0.2, -0.15) is 0 Å². The van der Waals surface area contributed by atoms with Crippen LogP contribution in [0, 0.1) is 11.6 Å². The SMILES string of the molecule is CCCn1c2nc(C3CCCC3)nc-2c2n(c1=O)CC(Cc1cccc(F)c1F)N2.Cl. The van der Waals surface area contributed by atoms with Gasteiger partial charge in [-0.1, -0.05) is 31.9 Å². The molecular weight excluding hydrogens is 424 g/mol. The molecule has 0 aromatic heterocycles. The van der Waals surface area contributed by atoms with Crippen LogP contribution in [-0.2, 0) is 19.5 Å². The second-order valence-corrected chi connectivity index (χ2v) is 8.39. The van der Waals surface area contributed by atoms with Crippen molar-refractivity contribution in [3.8, 4) is 11.5 Å². The van der Waals surface area contributed by atoms with Crippen LogP contribution in [-0.4, -0.2) is 25.1 Å². The molecule has 4 aliphatic rings. The van der Waals surface area contributed by atoms with E-state index in [1.807, 2.05) is 6.92 Å². The van der Waals surface area contributed by atoms with Crippen LogP contribution >= 0.6 is 12.4 Å². The number of anilines is 1. The minimum Gasteiger partial charge on any atom is -0.365 e. The van der Waals surface area contributed by atoms with Gasteiger partial charge in [0.1, 0.15) is 17.3 Å². The predicted octanol–water partition coefficient (Wildman–Crippen LogP) is 4.35. The van der Waals surface area contributed by atoms with Crippen molar-refractivity contribution in [3.63, 3.8) is 0 Å². The number of aromatic nitrogens is 4. The Bertz CT molecular complexity index is 1120. The molecule has 3 aliphatic heterocycles. The minimum absolute atomic E-state index is 0. The fourth-order valence-electron chi connectivity index (χ4n) is 4.81. The van der Waals surface area contributed by atoms with Gasteiger partial charge in [0, 0.05) is 25.0 Å². The molecule has 0 saturated heterocycles. The lowest BCUT2D eigenvalue weighted by Gasteiger charge is -2.13. The monoisotopic (exact) mass is 449 g/mol. The van der Waals surface area contributed by atoms with Crippen molar-refractivity contribution in [2.24, 2.45) is 0 Å². The van der Waals surface area contributed by atoms with Gasteiger partial charge in [0.25, 0.3) is 0 Å². The quantitative estimate of drug-likeness (QED) is 0.629. The van der Waals surface area contributed by atoms with E-state index in [0.717, 1.165) is 31.2 Å². The molecule has 0 spiro atoms. The standard InChI is InChI=1S/C22H25F2N5O.ClH/c1-2-10-28-21-18(26-19(27-21)13-6-3-4-7-13)20-25-15(12-29(20)22(28)30)11-14-8-5-9-16(23)17(14)24;/h5,8-9,13,15,25H,2-4,6-7,10-12H2,1H3;1H. The van der Waals surface area contributed by atoms with E-state index >= 15 is 0 Å². The van der Waals surface area contributed by atoms with Crippen molar-refractivity contribution < 1.29 is 8.78 Å². The topological polar surface area (TPSA) is 64.7 Å². The Morgan fingerprint density at radius 2 is 1.97 bits per heavy atom. The van der Waals surface area contributed by atoms with Crippen molar-refractivity contribution in [2.45, 2.75) is 70.5 Å². The maximum absolute atomic E-state index is 14.2. The summed E-state index contributed by atoms with van der Waals surface area (Å²) in [6.07, 6.45) is 5.62. The van der Waals surface area contributed by atoms with Gasteiger partial charge in [0.05, 0.1) is 0 Å². The first-order valence-corrected chi connectivity index (χ1v) is 10.8. The van der Waals surface area contributed by atoms with E-state index in [1.54, 1.807) is 15.2 Å². The van der Waals surface area contributed by atoms with Crippen molar-refractivity contribution in [1.82, 2.24) is 19.1 Å². The summed E-state index contributed by atoms with van der Waals surface area (Å²) in [6.45, 7) is 2.98. The Morgan fingerprint density at radius 1 is 1.19 bits per heavy atom. The number of halogens is 3. The van der Waals surface area contributed by atoms with Crippen LogP contribution in [0.1, 0.15) is 56.3 Å². The lowest BCUT2D eigenvalue weighted by atomic mass is 10.1. The first kappa shape index (κ1) is 21.7. The van der Waals surface area contributed by atoms with E-state index in [1.165, 1.54) is 18.9 Å². The normalized spacial score (nSPS) is 18.2. The number of rotatable bonds is 5. The highest BCUT2D eigenvalue weighted by atomic mass is 35.5. The van der Waals surface area contributed by atoms with Crippen molar-refractivity contribution >= 4 is 18.2 Å².